The summed E-state index contributed by atoms with van der Waals surface area (Å²) >= 11 is 0. The van der Waals surface area contributed by atoms with Crippen molar-refractivity contribution in [1.29, 1.82) is 0 Å². The van der Waals surface area contributed by atoms with Gasteiger partial charge in [0.2, 0.25) is 5.84 Å². The van der Waals surface area contributed by atoms with Gasteiger partial charge in [0.1, 0.15) is 0 Å². The molecule has 2 heterocycles. The summed E-state index contributed by atoms with van der Waals surface area (Å²) < 4.78 is 19.4. The van der Waals surface area contributed by atoms with Gasteiger partial charge in [-0.2, -0.15) is 10.2 Å². The standard InChI is InChI=1S/C18H19N5O8/c1-28-13(24)11-17(15(26)30-3)18(22-19-11,16(27)31-4)23(10-8-6-5-7-9-10)12(20-21-17)14(25)29-2/h5-9,21-22H,1-4H3. The second kappa shape index (κ2) is 7.93. The van der Waals surface area contributed by atoms with Gasteiger partial charge in [-0.1, -0.05) is 18.2 Å². The van der Waals surface area contributed by atoms with Gasteiger partial charge in [-0.15, -0.1) is 0 Å². The van der Waals surface area contributed by atoms with Crippen LogP contribution in [0.1, 0.15) is 0 Å². The van der Waals surface area contributed by atoms with Crippen LogP contribution in [-0.2, 0) is 38.1 Å². The number of para-hydroxylation sites is 1. The Morgan fingerprint density at radius 3 is 1.97 bits per heavy atom. The van der Waals surface area contributed by atoms with E-state index in [1.807, 2.05) is 0 Å². The minimum atomic E-state index is -2.39. The molecule has 164 valence electrons. The topological polar surface area (TPSA) is 157 Å². The molecular weight excluding hydrogens is 414 g/mol. The van der Waals surface area contributed by atoms with Gasteiger partial charge in [-0.3, -0.25) is 15.8 Å². The van der Waals surface area contributed by atoms with Crippen LogP contribution in [0.25, 0.3) is 0 Å². The van der Waals surface area contributed by atoms with E-state index in [1.54, 1.807) is 18.2 Å². The zero-order valence-corrected chi connectivity index (χ0v) is 17.0. The number of hydrazone groups is 2. The molecule has 2 unspecified atom stereocenters. The predicted molar refractivity (Wildman–Crippen MR) is 104 cm³/mol. The Labute approximate surface area is 175 Å². The van der Waals surface area contributed by atoms with Crippen LogP contribution in [0.3, 0.4) is 0 Å². The lowest BCUT2D eigenvalue weighted by molar-refractivity contribution is -0.161. The Hall–Kier alpha value is -4.16. The van der Waals surface area contributed by atoms with Crippen molar-refractivity contribution in [3.63, 3.8) is 0 Å². The van der Waals surface area contributed by atoms with E-state index in [0.29, 0.717) is 0 Å². The molecule has 3 rings (SSSR count). The molecule has 2 aliphatic heterocycles. The maximum absolute atomic E-state index is 13.3. The molecule has 2 atom stereocenters. The van der Waals surface area contributed by atoms with Gasteiger partial charge < -0.3 is 18.9 Å². The maximum atomic E-state index is 13.3. The molecule has 1 aromatic carbocycles. The third-order valence-electron chi connectivity index (χ3n) is 4.84. The van der Waals surface area contributed by atoms with Gasteiger partial charge >= 0.3 is 23.9 Å². The number of nitrogens with zero attached hydrogens (tertiary/aromatic N) is 3. The quantitative estimate of drug-likeness (QED) is 0.411. The van der Waals surface area contributed by atoms with E-state index in [4.69, 9.17) is 18.9 Å². The maximum Gasteiger partial charge on any atom is 0.376 e. The molecule has 0 amide bonds. The van der Waals surface area contributed by atoms with E-state index in [1.165, 1.54) is 12.1 Å². The Bertz CT molecular complexity index is 994. The summed E-state index contributed by atoms with van der Waals surface area (Å²) in [5.74, 6) is -4.64. The van der Waals surface area contributed by atoms with E-state index >= 15 is 0 Å². The first kappa shape index (κ1) is 21.5. The van der Waals surface area contributed by atoms with Crippen molar-refractivity contribution in [2.24, 2.45) is 10.2 Å². The Morgan fingerprint density at radius 1 is 0.806 bits per heavy atom. The minimum absolute atomic E-state index is 0.223. The highest BCUT2D eigenvalue weighted by molar-refractivity contribution is 6.49. The minimum Gasteiger partial charge on any atom is -0.467 e. The fourth-order valence-corrected chi connectivity index (χ4v) is 3.47. The number of amidine groups is 1. The fraction of sp³-hybridized carbons (Fsp3) is 0.333. The third kappa shape index (κ3) is 2.77. The van der Waals surface area contributed by atoms with Crippen molar-refractivity contribution in [2.45, 2.75) is 11.2 Å². The van der Waals surface area contributed by atoms with Gasteiger partial charge in [0.15, 0.2) is 5.71 Å². The van der Waals surface area contributed by atoms with E-state index < -0.39 is 46.6 Å². The summed E-state index contributed by atoms with van der Waals surface area (Å²) in [5.41, 5.74) is -0.200. The lowest BCUT2D eigenvalue weighted by Gasteiger charge is -2.49. The average molecular weight is 433 g/mol. The molecule has 0 aromatic heterocycles. The summed E-state index contributed by atoms with van der Waals surface area (Å²) in [7, 11) is 4.28. The third-order valence-corrected chi connectivity index (χ3v) is 4.84. The Morgan fingerprint density at radius 2 is 1.42 bits per heavy atom. The first-order valence-electron chi connectivity index (χ1n) is 8.74. The summed E-state index contributed by atoms with van der Waals surface area (Å²) in [6, 6.07) is 8.00. The van der Waals surface area contributed by atoms with Crippen LogP contribution < -0.4 is 15.8 Å². The van der Waals surface area contributed by atoms with E-state index in [0.717, 1.165) is 33.3 Å². The lowest BCUT2D eigenvalue weighted by atomic mass is 9.78. The van der Waals surface area contributed by atoms with Gasteiger partial charge in [0, 0.05) is 5.69 Å². The number of rotatable bonds is 5. The predicted octanol–water partition coefficient (Wildman–Crippen LogP) is -1.50. The van der Waals surface area contributed by atoms with Crippen molar-refractivity contribution in [3.05, 3.63) is 30.3 Å². The summed E-state index contributed by atoms with van der Waals surface area (Å²) in [5, 5.41) is 7.84. The Balaban J connectivity index is 2.42. The molecule has 2 N–H and O–H groups in total. The number of hydrogen-bond acceptors (Lipinski definition) is 13. The normalized spacial score (nSPS) is 23.8. The highest BCUT2D eigenvalue weighted by atomic mass is 16.5. The number of esters is 4. The van der Waals surface area contributed by atoms with E-state index in [9.17, 15) is 19.2 Å². The monoisotopic (exact) mass is 433 g/mol. The van der Waals surface area contributed by atoms with Gasteiger partial charge in [0.05, 0.1) is 28.4 Å². The van der Waals surface area contributed by atoms with Gasteiger partial charge in [0.25, 0.3) is 11.2 Å². The fourth-order valence-electron chi connectivity index (χ4n) is 3.47. The Kier molecular flexibility index (Phi) is 5.51. The van der Waals surface area contributed by atoms with Crippen molar-refractivity contribution < 1.29 is 38.1 Å². The van der Waals surface area contributed by atoms with Crippen LogP contribution in [0.2, 0.25) is 0 Å². The molecule has 0 saturated carbocycles. The number of methoxy groups -OCH3 is 4. The second-order valence-electron chi connectivity index (χ2n) is 6.22. The van der Waals surface area contributed by atoms with Crippen LogP contribution in [0.15, 0.2) is 40.5 Å². The molecule has 13 nitrogen and oxygen atoms in total. The molecular formula is C18H19N5O8. The summed E-state index contributed by atoms with van der Waals surface area (Å²) in [6.45, 7) is 0. The second-order valence-corrected chi connectivity index (χ2v) is 6.22. The average Bonchev–Trinajstić information content (AvgIpc) is 3.18. The number of benzene rings is 1. The first-order valence-corrected chi connectivity index (χ1v) is 8.74. The number of carbonyl (C=O) groups excluding carboxylic acids is 4. The number of anilines is 1. The molecule has 0 fully saturated rings. The zero-order chi connectivity index (χ0) is 22.8. The number of nitrogens with one attached hydrogen (secondary N) is 2. The van der Waals surface area contributed by atoms with Crippen molar-refractivity contribution >= 4 is 41.1 Å². The first-order chi connectivity index (χ1) is 14.8. The number of hydrogen-bond donors (Lipinski definition) is 2. The van der Waals surface area contributed by atoms with E-state index in [-0.39, 0.29) is 5.69 Å². The molecule has 2 aliphatic rings. The summed E-state index contributed by atoms with van der Waals surface area (Å²) in [6.07, 6.45) is 0. The van der Waals surface area contributed by atoms with Gasteiger partial charge in [-0.25, -0.2) is 19.2 Å². The van der Waals surface area contributed by atoms with E-state index in [2.05, 4.69) is 21.1 Å². The number of carbonyl (C=O) groups is 4. The summed E-state index contributed by atoms with van der Waals surface area (Å²) in [4.78, 5) is 52.5. The van der Waals surface area contributed by atoms with Gasteiger partial charge in [-0.05, 0) is 12.1 Å². The molecule has 0 saturated heterocycles. The van der Waals surface area contributed by atoms with Crippen LogP contribution in [0.4, 0.5) is 5.69 Å². The molecule has 13 heteroatoms. The van der Waals surface area contributed by atoms with Crippen LogP contribution in [-0.4, -0.2) is 75.1 Å². The molecule has 0 radical (unpaired) electrons. The molecule has 31 heavy (non-hydrogen) atoms. The number of ether oxygens (including phenoxy) is 4. The molecule has 1 aromatic rings. The zero-order valence-electron chi connectivity index (χ0n) is 17.0. The smallest absolute Gasteiger partial charge is 0.376 e. The molecule has 0 aliphatic carbocycles. The van der Waals surface area contributed by atoms with Crippen molar-refractivity contribution in [2.75, 3.05) is 33.3 Å². The highest BCUT2D eigenvalue weighted by Crippen LogP contribution is 2.41. The molecule has 0 bridgehead atoms. The lowest BCUT2D eigenvalue weighted by Crippen LogP contribution is -2.85. The van der Waals surface area contributed by atoms with Crippen LogP contribution >= 0.6 is 0 Å². The molecule has 0 spiro atoms. The van der Waals surface area contributed by atoms with Crippen molar-refractivity contribution in [3.8, 4) is 0 Å². The van der Waals surface area contributed by atoms with Crippen LogP contribution in [0, 0.1) is 0 Å². The largest absolute Gasteiger partial charge is 0.467 e. The highest BCUT2D eigenvalue weighted by Gasteiger charge is 2.77. The van der Waals surface area contributed by atoms with Crippen LogP contribution in [0.5, 0.6) is 0 Å². The SMILES string of the molecule is COC(=O)C1=NNC2(C(=O)OC)C(C(=O)OC)=NNC2(C(=O)OC)N1c1ccccc1. The van der Waals surface area contributed by atoms with Crippen molar-refractivity contribution in [1.82, 2.24) is 10.9 Å². The number of fused-ring (bicyclic) bond motifs is 1.